The molecule has 1 atom stereocenters. The van der Waals surface area contributed by atoms with Crippen molar-refractivity contribution < 1.29 is 4.39 Å². The first-order chi connectivity index (χ1) is 8.61. The second-order valence-corrected chi connectivity index (χ2v) is 4.58. The molecule has 3 nitrogen and oxygen atoms in total. The molecule has 1 unspecified atom stereocenters. The molecule has 0 aliphatic carbocycles. The minimum atomic E-state index is -0.304. The van der Waals surface area contributed by atoms with Crippen LogP contribution >= 0.6 is 11.6 Å². The van der Waals surface area contributed by atoms with Crippen molar-refractivity contribution in [3.63, 3.8) is 0 Å². The molecule has 0 saturated heterocycles. The van der Waals surface area contributed by atoms with E-state index in [1.54, 1.807) is 18.3 Å². The highest BCUT2D eigenvalue weighted by Crippen LogP contribution is 2.21. The molecule has 0 fully saturated rings. The van der Waals surface area contributed by atoms with Crippen LogP contribution in [0.25, 0.3) is 0 Å². The van der Waals surface area contributed by atoms with Crippen molar-refractivity contribution in [3.05, 3.63) is 52.3 Å². The number of H-pyrrole nitrogens is 1. The van der Waals surface area contributed by atoms with Gasteiger partial charge >= 0.3 is 0 Å². The quantitative estimate of drug-likeness (QED) is 0.894. The zero-order valence-electron chi connectivity index (χ0n) is 10.3. The van der Waals surface area contributed by atoms with Gasteiger partial charge in [0.2, 0.25) is 0 Å². The number of hydrogen-bond donors (Lipinski definition) is 2. The van der Waals surface area contributed by atoms with Crippen LogP contribution in [0.15, 0.2) is 24.4 Å². The van der Waals surface area contributed by atoms with E-state index in [9.17, 15) is 4.39 Å². The van der Waals surface area contributed by atoms with Gasteiger partial charge in [0.15, 0.2) is 0 Å². The Hall–Kier alpha value is -1.39. The van der Waals surface area contributed by atoms with Gasteiger partial charge in [-0.05, 0) is 26.1 Å². The largest absolute Gasteiger partial charge is 0.344 e. The van der Waals surface area contributed by atoms with Gasteiger partial charge in [-0.2, -0.15) is 0 Å². The SMILES string of the molecule is CNC(C)c1cnc(Cc2c(F)cccc2Cl)[nH]1. The molecule has 0 saturated carbocycles. The summed E-state index contributed by atoms with van der Waals surface area (Å²) in [5.41, 5.74) is 1.44. The molecular weight excluding hydrogens is 253 g/mol. The van der Waals surface area contributed by atoms with Gasteiger partial charge in [-0.25, -0.2) is 9.37 Å². The monoisotopic (exact) mass is 267 g/mol. The average molecular weight is 268 g/mol. The lowest BCUT2D eigenvalue weighted by atomic mass is 10.1. The maximum atomic E-state index is 13.6. The molecule has 1 aromatic carbocycles. The van der Waals surface area contributed by atoms with E-state index in [4.69, 9.17) is 11.6 Å². The molecule has 2 aromatic rings. The Morgan fingerprint density at radius 3 is 2.94 bits per heavy atom. The van der Waals surface area contributed by atoms with Crippen LogP contribution in [-0.2, 0) is 6.42 Å². The lowest BCUT2D eigenvalue weighted by Crippen LogP contribution is -2.12. The number of rotatable bonds is 4. The number of nitrogens with one attached hydrogen (secondary N) is 2. The first-order valence-electron chi connectivity index (χ1n) is 5.75. The first-order valence-corrected chi connectivity index (χ1v) is 6.13. The standard InChI is InChI=1S/C13H15ClFN3/c1-8(16-2)12-7-17-13(18-12)6-9-10(14)4-3-5-11(9)15/h3-5,7-8,16H,6H2,1-2H3,(H,17,18). The Morgan fingerprint density at radius 2 is 2.28 bits per heavy atom. The number of aromatic nitrogens is 2. The Labute approximate surface area is 110 Å². The summed E-state index contributed by atoms with van der Waals surface area (Å²) in [7, 11) is 1.87. The van der Waals surface area contributed by atoms with Gasteiger partial charge in [0, 0.05) is 29.2 Å². The van der Waals surface area contributed by atoms with Crippen molar-refractivity contribution in [3.8, 4) is 0 Å². The molecule has 0 amide bonds. The Balaban J connectivity index is 2.21. The molecule has 0 aliphatic rings. The molecule has 0 radical (unpaired) electrons. The van der Waals surface area contributed by atoms with Crippen LogP contribution in [0.3, 0.4) is 0 Å². The van der Waals surface area contributed by atoms with E-state index in [-0.39, 0.29) is 11.9 Å². The zero-order valence-corrected chi connectivity index (χ0v) is 11.1. The van der Waals surface area contributed by atoms with Crippen molar-refractivity contribution in [2.24, 2.45) is 0 Å². The first kappa shape index (κ1) is 13.1. The van der Waals surface area contributed by atoms with Crippen molar-refractivity contribution in [2.45, 2.75) is 19.4 Å². The molecule has 0 aliphatic heterocycles. The van der Waals surface area contributed by atoms with Crippen LogP contribution in [0.4, 0.5) is 4.39 Å². The fourth-order valence-corrected chi connectivity index (χ4v) is 1.94. The van der Waals surface area contributed by atoms with Gasteiger partial charge in [-0.15, -0.1) is 0 Å². The van der Waals surface area contributed by atoms with E-state index in [0.717, 1.165) is 5.69 Å². The maximum absolute atomic E-state index is 13.6. The number of aromatic amines is 1. The minimum Gasteiger partial charge on any atom is -0.344 e. The van der Waals surface area contributed by atoms with Gasteiger partial charge in [0.1, 0.15) is 11.6 Å². The smallest absolute Gasteiger partial charge is 0.128 e. The van der Waals surface area contributed by atoms with E-state index in [1.165, 1.54) is 6.07 Å². The number of hydrogen-bond acceptors (Lipinski definition) is 2. The van der Waals surface area contributed by atoms with Crippen molar-refractivity contribution in [1.29, 1.82) is 0 Å². The highest BCUT2D eigenvalue weighted by atomic mass is 35.5. The van der Waals surface area contributed by atoms with E-state index in [1.807, 2.05) is 14.0 Å². The number of halogens is 2. The van der Waals surface area contributed by atoms with Crippen LogP contribution in [0.1, 0.15) is 30.0 Å². The summed E-state index contributed by atoms with van der Waals surface area (Å²) in [5, 5.41) is 3.54. The van der Waals surface area contributed by atoms with Crippen molar-refractivity contribution in [1.82, 2.24) is 15.3 Å². The van der Waals surface area contributed by atoms with Crippen LogP contribution in [-0.4, -0.2) is 17.0 Å². The molecule has 2 N–H and O–H groups in total. The second kappa shape index (κ2) is 5.50. The number of nitrogens with zero attached hydrogens (tertiary/aromatic N) is 1. The third-order valence-corrected chi connectivity index (χ3v) is 3.31. The minimum absolute atomic E-state index is 0.183. The third-order valence-electron chi connectivity index (χ3n) is 2.95. The topological polar surface area (TPSA) is 40.7 Å². The van der Waals surface area contributed by atoms with Crippen LogP contribution in [0, 0.1) is 5.82 Å². The zero-order chi connectivity index (χ0) is 13.1. The normalized spacial score (nSPS) is 12.7. The van der Waals surface area contributed by atoms with Gasteiger partial charge in [-0.3, -0.25) is 0 Å². The summed E-state index contributed by atoms with van der Waals surface area (Å²) in [4.78, 5) is 7.41. The molecule has 1 heterocycles. The van der Waals surface area contributed by atoms with E-state index >= 15 is 0 Å². The van der Waals surface area contributed by atoms with E-state index in [2.05, 4.69) is 15.3 Å². The molecule has 2 rings (SSSR count). The van der Waals surface area contributed by atoms with Crippen molar-refractivity contribution in [2.75, 3.05) is 7.05 Å². The Bertz CT molecular complexity index is 519. The van der Waals surface area contributed by atoms with Gasteiger partial charge in [0.05, 0.1) is 5.69 Å². The number of benzene rings is 1. The summed E-state index contributed by atoms with van der Waals surface area (Å²) in [6.45, 7) is 2.02. The lowest BCUT2D eigenvalue weighted by Gasteiger charge is -2.06. The predicted molar refractivity (Wildman–Crippen MR) is 70.3 cm³/mol. The fraction of sp³-hybridized carbons (Fsp3) is 0.308. The van der Waals surface area contributed by atoms with E-state index < -0.39 is 0 Å². The second-order valence-electron chi connectivity index (χ2n) is 4.17. The van der Waals surface area contributed by atoms with E-state index in [0.29, 0.717) is 22.8 Å². The summed E-state index contributed by atoms with van der Waals surface area (Å²) < 4.78 is 13.6. The highest BCUT2D eigenvalue weighted by molar-refractivity contribution is 6.31. The molecule has 1 aromatic heterocycles. The third kappa shape index (κ3) is 2.71. The molecule has 96 valence electrons. The summed E-state index contributed by atoms with van der Waals surface area (Å²) in [6.07, 6.45) is 2.12. The van der Waals surface area contributed by atoms with Gasteiger partial charge < -0.3 is 10.3 Å². The average Bonchev–Trinajstić information content (AvgIpc) is 2.81. The van der Waals surface area contributed by atoms with Crippen LogP contribution in [0.5, 0.6) is 0 Å². The Morgan fingerprint density at radius 1 is 1.50 bits per heavy atom. The molecule has 0 spiro atoms. The van der Waals surface area contributed by atoms with Gasteiger partial charge in [0.25, 0.3) is 0 Å². The predicted octanol–water partition coefficient (Wildman–Crippen LogP) is 3.07. The summed E-state index contributed by atoms with van der Waals surface area (Å²) in [6, 6.07) is 4.86. The summed E-state index contributed by atoms with van der Waals surface area (Å²) >= 11 is 5.98. The lowest BCUT2D eigenvalue weighted by molar-refractivity contribution is 0.611. The summed E-state index contributed by atoms with van der Waals surface area (Å²) in [5.74, 6) is 0.404. The highest BCUT2D eigenvalue weighted by Gasteiger charge is 2.11. The fourth-order valence-electron chi connectivity index (χ4n) is 1.71. The molecule has 0 bridgehead atoms. The van der Waals surface area contributed by atoms with Gasteiger partial charge in [-0.1, -0.05) is 17.7 Å². The maximum Gasteiger partial charge on any atom is 0.128 e. The number of imidazole rings is 1. The van der Waals surface area contributed by atoms with Crippen LogP contribution in [0.2, 0.25) is 5.02 Å². The Kier molecular flexibility index (Phi) is 3.99. The molecule has 18 heavy (non-hydrogen) atoms. The molecule has 5 heteroatoms. The van der Waals surface area contributed by atoms with Crippen LogP contribution < -0.4 is 5.32 Å². The molecular formula is C13H15ClFN3. The van der Waals surface area contributed by atoms with Crippen molar-refractivity contribution >= 4 is 11.6 Å².